The topological polar surface area (TPSA) is 110 Å². The molecule has 1 saturated carbocycles. The van der Waals surface area contributed by atoms with Gasteiger partial charge in [-0.2, -0.15) is 0 Å². The molecule has 2 aromatic rings. The Morgan fingerprint density at radius 3 is 2.69 bits per heavy atom. The molecule has 0 radical (unpaired) electrons. The minimum Gasteiger partial charge on any atom is -0.449 e. The lowest BCUT2D eigenvalue weighted by molar-refractivity contribution is 0.143. The quantitative estimate of drug-likeness (QED) is 0.515. The Morgan fingerprint density at radius 1 is 1.34 bits per heavy atom. The third kappa shape index (κ3) is 3.27. The van der Waals surface area contributed by atoms with Gasteiger partial charge in [0.05, 0.1) is 22.8 Å². The summed E-state index contributed by atoms with van der Waals surface area (Å²) in [5.41, 5.74) is 4.12. The second-order valence-corrected chi connectivity index (χ2v) is 7.43. The molecule has 10 heteroatoms. The van der Waals surface area contributed by atoms with E-state index in [1.54, 1.807) is 4.90 Å². The molecule has 0 amide bonds. The number of aromatic nitrogens is 1. The predicted molar refractivity (Wildman–Crippen MR) is 104 cm³/mol. The number of carboxylic acid groups (broad SMARTS) is 1. The highest BCUT2D eigenvalue weighted by Crippen LogP contribution is 2.42. The number of rotatable bonds is 5. The molecule has 0 spiro atoms. The van der Waals surface area contributed by atoms with Gasteiger partial charge >= 0.3 is 6.16 Å². The number of likely N-dealkylation sites (N-methyl/N-ethyl adjacent to an activating group) is 1. The van der Waals surface area contributed by atoms with Gasteiger partial charge in [-0.25, -0.2) is 13.6 Å². The zero-order chi connectivity index (χ0) is 20.9. The maximum Gasteiger partial charge on any atom is 0.511 e. The Morgan fingerprint density at radius 2 is 2.07 bits per heavy atom. The molecule has 1 aromatic carbocycles. The first-order valence-electron chi connectivity index (χ1n) is 9.57. The maximum atomic E-state index is 15.6. The lowest BCUT2D eigenvalue weighted by Gasteiger charge is -2.24. The SMILES string of the molecule is CCNC1CCN(c2c(F)c(N)c3c(=O)c(OC(=O)O)cn(C4CC4)c3c2F)C1. The van der Waals surface area contributed by atoms with Crippen LogP contribution in [-0.2, 0) is 0 Å². The molecule has 2 fully saturated rings. The highest BCUT2D eigenvalue weighted by atomic mass is 19.1. The lowest BCUT2D eigenvalue weighted by Crippen LogP contribution is -2.33. The molecule has 1 saturated heterocycles. The van der Waals surface area contributed by atoms with Crippen molar-refractivity contribution in [2.75, 3.05) is 30.3 Å². The van der Waals surface area contributed by atoms with Crippen LogP contribution >= 0.6 is 0 Å². The molecule has 4 N–H and O–H groups in total. The number of fused-ring (bicyclic) bond motifs is 1. The van der Waals surface area contributed by atoms with Gasteiger partial charge in [-0.3, -0.25) is 4.79 Å². The molecule has 1 aliphatic heterocycles. The fourth-order valence-electron chi connectivity index (χ4n) is 4.03. The van der Waals surface area contributed by atoms with Gasteiger partial charge in [0, 0.05) is 25.2 Å². The van der Waals surface area contributed by atoms with Crippen LogP contribution in [0.2, 0.25) is 0 Å². The summed E-state index contributed by atoms with van der Waals surface area (Å²) in [7, 11) is 0. The molecular weight excluding hydrogens is 386 g/mol. The number of pyridine rings is 1. The molecule has 0 bridgehead atoms. The molecule has 1 aliphatic carbocycles. The first-order valence-corrected chi connectivity index (χ1v) is 9.57. The Hall–Kier alpha value is -2.88. The molecule has 2 heterocycles. The molecule has 1 aromatic heterocycles. The molecule has 29 heavy (non-hydrogen) atoms. The number of nitrogen functional groups attached to an aromatic ring is 1. The van der Waals surface area contributed by atoms with Crippen molar-refractivity contribution in [1.29, 1.82) is 0 Å². The number of nitrogens with zero attached hydrogens (tertiary/aromatic N) is 2. The Bertz CT molecular complexity index is 1050. The van der Waals surface area contributed by atoms with Gasteiger partial charge in [0.2, 0.25) is 5.43 Å². The first kappa shape index (κ1) is 19.4. The van der Waals surface area contributed by atoms with E-state index < -0.39 is 40.0 Å². The number of benzene rings is 1. The predicted octanol–water partition coefficient (Wildman–Crippen LogP) is 2.44. The largest absolute Gasteiger partial charge is 0.511 e. The first-order chi connectivity index (χ1) is 13.8. The number of nitrogens with two attached hydrogens (primary N) is 1. The van der Waals surface area contributed by atoms with E-state index >= 15 is 8.78 Å². The van der Waals surface area contributed by atoms with E-state index in [9.17, 15) is 9.59 Å². The average Bonchev–Trinajstić information content (AvgIpc) is 3.41. The van der Waals surface area contributed by atoms with Crippen LogP contribution in [0.25, 0.3) is 10.9 Å². The van der Waals surface area contributed by atoms with Gasteiger partial charge in [-0.05, 0) is 25.8 Å². The summed E-state index contributed by atoms with van der Waals surface area (Å²) in [6.45, 7) is 3.57. The summed E-state index contributed by atoms with van der Waals surface area (Å²) >= 11 is 0. The zero-order valence-corrected chi connectivity index (χ0v) is 15.9. The second kappa shape index (κ2) is 7.18. The van der Waals surface area contributed by atoms with Gasteiger partial charge in [-0.1, -0.05) is 6.92 Å². The van der Waals surface area contributed by atoms with Gasteiger partial charge < -0.3 is 30.4 Å². The van der Waals surface area contributed by atoms with Crippen LogP contribution in [0.1, 0.15) is 32.2 Å². The van der Waals surface area contributed by atoms with Crippen molar-refractivity contribution in [3.05, 3.63) is 28.1 Å². The Kier molecular flexibility index (Phi) is 4.81. The van der Waals surface area contributed by atoms with Crippen molar-refractivity contribution in [1.82, 2.24) is 9.88 Å². The Labute approximate surface area is 164 Å². The third-order valence-electron chi connectivity index (χ3n) is 5.47. The number of halogens is 2. The smallest absolute Gasteiger partial charge is 0.449 e. The van der Waals surface area contributed by atoms with Crippen molar-refractivity contribution >= 4 is 28.4 Å². The molecule has 1 atom stereocenters. The van der Waals surface area contributed by atoms with Crippen LogP contribution in [-0.4, -0.2) is 41.5 Å². The van der Waals surface area contributed by atoms with E-state index in [0.717, 1.165) is 25.8 Å². The number of carbonyl (C=O) groups is 1. The lowest BCUT2D eigenvalue weighted by atomic mass is 10.1. The Balaban J connectivity index is 1.94. The molecular formula is C19H22F2N4O4. The molecule has 2 aliphatic rings. The summed E-state index contributed by atoms with van der Waals surface area (Å²) in [5, 5.41) is 11.8. The fourth-order valence-corrected chi connectivity index (χ4v) is 4.03. The summed E-state index contributed by atoms with van der Waals surface area (Å²) in [5.74, 6) is -2.41. The monoisotopic (exact) mass is 408 g/mol. The van der Waals surface area contributed by atoms with Gasteiger partial charge in [0.1, 0.15) is 5.69 Å². The van der Waals surface area contributed by atoms with E-state index in [4.69, 9.17) is 10.8 Å². The van der Waals surface area contributed by atoms with E-state index in [1.807, 2.05) is 6.92 Å². The highest BCUT2D eigenvalue weighted by molar-refractivity contribution is 5.96. The highest BCUT2D eigenvalue weighted by Gasteiger charge is 2.34. The molecule has 1 unspecified atom stereocenters. The van der Waals surface area contributed by atoms with Crippen LogP contribution in [0.5, 0.6) is 5.75 Å². The van der Waals surface area contributed by atoms with Crippen LogP contribution in [0.15, 0.2) is 11.0 Å². The zero-order valence-electron chi connectivity index (χ0n) is 15.9. The number of hydrogen-bond acceptors (Lipinski definition) is 6. The third-order valence-corrected chi connectivity index (χ3v) is 5.47. The van der Waals surface area contributed by atoms with Crippen molar-refractivity contribution in [2.24, 2.45) is 0 Å². The van der Waals surface area contributed by atoms with Gasteiger partial charge in [0.15, 0.2) is 17.4 Å². The van der Waals surface area contributed by atoms with Crippen LogP contribution in [0.4, 0.5) is 25.0 Å². The summed E-state index contributed by atoms with van der Waals surface area (Å²) in [6, 6.07) is -0.0257. The van der Waals surface area contributed by atoms with Crippen LogP contribution in [0.3, 0.4) is 0 Å². The summed E-state index contributed by atoms with van der Waals surface area (Å²) < 4.78 is 36.8. The second-order valence-electron chi connectivity index (χ2n) is 7.43. The number of anilines is 2. The average molecular weight is 408 g/mol. The van der Waals surface area contributed by atoms with E-state index in [2.05, 4.69) is 10.1 Å². The summed E-state index contributed by atoms with van der Waals surface area (Å²) in [6.07, 6.45) is 1.66. The van der Waals surface area contributed by atoms with E-state index in [0.29, 0.717) is 13.1 Å². The molecule has 156 valence electrons. The van der Waals surface area contributed by atoms with Crippen molar-refractivity contribution in [3.63, 3.8) is 0 Å². The fraction of sp³-hybridized carbons (Fsp3) is 0.474. The molecule has 4 rings (SSSR count). The van der Waals surface area contributed by atoms with Crippen molar-refractivity contribution in [2.45, 2.75) is 38.3 Å². The van der Waals surface area contributed by atoms with Gasteiger partial charge in [-0.15, -0.1) is 0 Å². The van der Waals surface area contributed by atoms with E-state index in [1.165, 1.54) is 10.8 Å². The van der Waals surface area contributed by atoms with Gasteiger partial charge in [0.25, 0.3) is 0 Å². The van der Waals surface area contributed by atoms with Crippen LogP contribution < -0.4 is 26.1 Å². The maximum absolute atomic E-state index is 15.6. The minimum absolute atomic E-state index is 0.104. The van der Waals surface area contributed by atoms with Crippen molar-refractivity contribution in [3.8, 4) is 5.75 Å². The van der Waals surface area contributed by atoms with Crippen LogP contribution in [0, 0.1) is 11.6 Å². The van der Waals surface area contributed by atoms with E-state index in [-0.39, 0.29) is 23.3 Å². The number of nitrogens with one attached hydrogen (secondary N) is 1. The minimum atomic E-state index is -1.69. The normalized spacial score (nSPS) is 19.1. The molecule has 8 nitrogen and oxygen atoms in total. The standard InChI is InChI=1S/C19H22F2N4O4/c1-2-23-9-5-6-24(7-9)17-13(20)15(22)12-16(14(17)21)25(10-3-4-10)8-11(18(12)26)29-19(27)28/h8-10,23H,2-7,22H2,1H3,(H,27,28). The number of hydrogen-bond donors (Lipinski definition) is 3. The number of ether oxygens (including phenoxy) is 1. The summed E-state index contributed by atoms with van der Waals surface area (Å²) in [4.78, 5) is 25.2. The van der Waals surface area contributed by atoms with Crippen molar-refractivity contribution < 1.29 is 23.4 Å².